The molecule has 11 N–H and O–H groups in total. The molecule has 0 radical (unpaired) electrons. The molecule has 0 aliphatic heterocycles. The fraction of sp³-hybridized carbons (Fsp3) is 0.708. The number of rotatable bonds is 19. The number of nitrogens with one attached hydrogen (secondary N) is 4. The molecule has 1 heterocycles. The van der Waals surface area contributed by atoms with E-state index in [1.54, 1.807) is 0 Å². The minimum Gasteiger partial charge on any atom is -0.480 e. The quantitative estimate of drug-likeness (QED) is 0.105. The zero-order valence-corrected chi connectivity index (χ0v) is 21.9. The number of hydrogen-bond acceptors (Lipinski definition) is 8. The Morgan fingerprint density at radius 3 is 1.86 bits per heavy atom. The first-order valence-corrected chi connectivity index (χ1v) is 12.9. The number of nitrogens with zero attached hydrogens (tertiary/aromatic N) is 1. The van der Waals surface area contributed by atoms with Crippen LogP contribution in [-0.2, 0) is 25.6 Å². The molecule has 3 amide bonds. The number of amides is 3. The summed E-state index contributed by atoms with van der Waals surface area (Å²) in [5.74, 6) is -2.93. The number of carbonyl (C=O) groups excluding carboxylic acids is 3. The van der Waals surface area contributed by atoms with Gasteiger partial charge in [-0.25, -0.2) is 9.78 Å². The van der Waals surface area contributed by atoms with E-state index in [0.717, 1.165) is 0 Å². The van der Waals surface area contributed by atoms with Crippen molar-refractivity contribution in [2.45, 2.75) is 89.4 Å². The van der Waals surface area contributed by atoms with Gasteiger partial charge in [0.2, 0.25) is 17.7 Å². The molecule has 0 fully saturated rings. The lowest BCUT2D eigenvalue weighted by Crippen LogP contribution is -2.57. The molecule has 210 valence electrons. The van der Waals surface area contributed by atoms with Crippen LogP contribution in [0.2, 0.25) is 0 Å². The smallest absolute Gasteiger partial charge is 0.326 e. The van der Waals surface area contributed by atoms with Crippen molar-refractivity contribution in [3.63, 3.8) is 0 Å². The Kier molecular flexibility index (Phi) is 15.1. The highest BCUT2D eigenvalue weighted by Crippen LogP contribution is 2.09. The third kappa shape index (κ3) is 11.7. The van der Waals surface area contributed by atoms with Gasteiger partial charge in [0.15, 0.2) is 0 Å². The average molecular weight is 525 g/mol. The van der Waals surface area contributed by atoms with E-state index in [1.165, 1.54) is 12.5 Å². The van der Waals surface area contributed by atoms with Crippen molar-refractivity contribution in [2.24, 2.45) is 23.1 Å². The summed E-state index contributed by atoms with van der Waals surface area (Å²) in [4.78, 5) is 57.4. The van der Waals surface area contributed by atoms with Crippen molar-refractivity contribution < 1.29 is 24.3 Å². The van der Waals surface area contributed by atoms with Crippen molar-refractivity contribution in [3.8, 4) is 0 Å². The van der Waals surface area contributed by atoms with Gasteiger partial charge in [0.05, 0.1) is 12.4 Å². The summed E-state index contributed by atoms with van der Waals surface area (Å²) in [5, 5.41) is 17.5. The van der Waals surface area contributed by atoms with Gasteiger partial charge in [0.25, 0.3) is 0 Å². The molecule has 0 bridgehead atoms. The van der Waals surface area contributed by atoms with E-state index in [2.05, 4.69) is 25.9 Å². The van der Waals surface area contributed by atoms with E-state index in [4.69, 9.17) is 17.2 Å². The molecule has 13 heteroatoms. The highest BCUT2D eigenvalue weighted by molar-refractivity contribution is 5.94. The Bertz CT molecular complexity index is 835. The van der Waals surface area contributed by atoms with E-state index in [9.17, 15) is 24.3 Å². The number of carbonyl (C=O) groups is 4. The van der Waals surface area contributed by atoms with Gasteiger partial charge in [-0.05, 0) is 57.5 Å². The average Bonchev–Trinajstić information content (AvgIpc) is 3.39. The number of nitrogens with two attached hydrogens (primary N) is 3. The number of aromatic amines is 1. The fourth-order valence-electron chi connectivity index (χ4n) is 3.66. The largest absolute Gasteiger partial charge is 0.480 e. The Morgan fingerprint density at radius 2 is 1.43 bits per heavy atom. The van der Waals surface area contributed by atoms with Gasteiger partial charge in [0, 0.05) is 18.3 Å². The highest BCUT2D eigenvalue weighted by atomic mass is 16.4. The number of aromatic nitrogens is 2. The van der Waals surface area contributed by atoms with Crippen LogP contribution in [0.5, 0.6) is 0 Å². The summed E-state index contributed by atoms with van der Waals surface area (Å²) in [6.45, 7) is 4.62. The van der Waals surface area contributed by atoms with Gasteiger partial charge in [-0.1, -0.05) is 20.3 Å². The Labute approximate surface area is 218 Å². The maximum Gasteiger partial charge on any atom is 0.326 e. The summed E-state index contributed by atoms with van der Waals surface area (Å²) in [5.41, 5.74) is 17.7. The monoisotopic (exact) mass is 524 g/mol. The molecule has 37 heavy (non-hydrogen) atoms. The highest BCUT2D eigenvalue weighted by Gasteiger charge is 2.31. The summed E-state index contributed by atoms with van der Waals surface area (Å²) in [6, 6.07) is -3.94. The number of aliphatic carboxylic acids is 1. The molecule has 0 aromatic carbocycles. The first-order valence-electron chi connectivity index (χ1n) is 12.9. The van der Waals surface area contributed by atoms with E-state index in [0.29, 0.717) is 57.3 Å². The number of carboxylic acids is 1. The van der Waals surface area contributed by atoms with Gasteiger partial charge in [0.1, 0.15) is 18.1 Å². The van der Waals surface area contributed by atoms with Crippen LogP contribution in [0.1, 0.15) is 64.5 Å². The molecule has 5 atom stereocenters. The molecule has 1 aromatic heterocycles. The molecule has 0 aliphatic rings. The third-order valence-corrected chi connectivity index (χ3v) is 6.31. The van der Waals surface area contributed by atoms with E-state index >= 15 is 0 Å². The van der Waals surface area contributed by atoms with Crippen LogP contribution in [-0.4, -0.2) is 76.0 Å². The van der Waals surface area contributed by atoms with Gasteiger partial charge in [-0.2, -0.15) is 0 Å². The Hall–Kier alpha value is -3.03. The minimum atomic E-state index is -1.23. The maximum atomic E-state index is 13.2. The molecule has 0 aliphatic carbocycles. The number of H-pyrrole nitrogens is 1. The van der Waals surface area contributed by atoms with Crippen LogP contribution in [0.4, 0.5) is 0 Å². The predicted octanol–water partition coefficient (Wildman–Crippen LogP) is -0.877. The summed E-state index contributed by atoms with van der Waals surface area (Å²) >= 11 is 0. The van der Waals surface area contributed by atoms with Gasteiger partial charge >= 0.3 is 5.97 Å². The lowest BCUT2D eigenvalue weighted by atomic mass is 9.98. The van der Waals surface area contributed by atoms with Crippen LogP contribution >= 0.6 is 0 Å². The second kappa shape index (κ2) is 17.4. The Balaban J connectivity index is 2.99. The van der Waals surface area contributed by atoms with Crippen molar-refractivity contribution in [1.29, 1.82) is 0 Å². The van der Waals surface area contributed by atoms with Crippen LogP contribution in [0.3, 0.4) is 0 Å². The zero-order chi connectivity index (χ0) is 27.8. The lowest BCUT2D eigenvalue weighted by molar-refractivity contribution is -0.142. The minimum absolute atomic E-state index is 0.00415. The Morgan fingerprint density at radius 1 is 0.919 bits per heavy atom. The summed E-state index contributed by atoms with van der Waals surface area (Å²) in [6.07, 6.45) is 6.55. The number of unbranched alkanes of at least 4 members (excludes halogenated alkanes) is 2. The van der Waals surface area contributed by atoms with E-state index < -0.39 is 47.9 Å². The normalized spacial score (nSPS) is 15.2. The molecular formula is C24H44N8O5. The van der Waals surface area contributed by atoms with Gasteiger partial charge < -0.3 is 43.2 Å². The van der Waals surface area contributed by atoms with Gasteiger partial charge in [-0.15, -0.1) is 0 Å². The molecule has 0 saturated carbocycles. The molecule has 0 saturated heterocycles. The summed E-state index contributed by atoms with van der Waals surface area (Å²) < 4.78 is 0. The number of imidazole rings is 1. The van der Waals surface area contributed by atoms with Crippen LogP contribution < -0.4 is 33.2 Å². The molecule has 1 rings (SSSR count). The first-order chi connectivity index (χ1) is 17.6. The van der Waals surface area contributed by atoms with Crippen molar-refractivity contribution in [1.82, 2.24) is 25.9 Å². The van der Waals surface area contributed by atoms with Crippen LogP contribution in [0.25, 0.3) is 0 Å². The number of hydrogen-bond donors (Lipinski definition) is 8. The second-order valence-electron chi connectivity index (χ2n) is 9.28. The SMILES string of the molecule is CCC(C)C(N)C(=O)NC(CCCCN)C(=O)NC(CCCCN)C(=O)NC(Cc1cnc[nH]1)C(=O)O. The molecule has 1 aromatic rings. The van der Waals surface area contributed by atoms with E-state index in [1.807, 2.05) is 13.8 Å². The van der Waals surface area contributed by atoms with Crippen molar-refractivity contribution in [2.75, 3.05) is 13.1 Å². The zero-order valence-electron chi connectivity index (χ0n) is 21.9. The van der Waals surface area contributed by atoms with Crippen molar-refractivity contribution >= 4 is 23.7 Å². The number of carboxylic acid groups (broad SMARTS) is 1. The molecule has 13 nitrogen and oxygen atoms in total. The van der Waals surface area contributed by atoms with Crippen molar-refractivity contribution in [3.05, 3.63) is 18.2 Å². The molecular weight excluding hydrogens is 480 g/mol. The topological polar surface area (TPSA) is 231 Å². The van der Waals surface area contributed by atoms with Crippen LogP contribution in [0.15, 0.2) is 12.5 Å². The molecule has 5 unspecified atom stereocenters. The van der Waals surface area contributed by atoms with Gasteiger partial charge in [-0.3, -0.25) is 14.4 Å². The molecule has 0 spiro atoms. The standard InChI is InChI=1S/C24H44N8O5/c1-3-15(2)20(27)23(35)31-18(9-5-7-11-26)21(33)30-17(8-4-6-10-25)22(34)32-19(24(36)37)12-16-13-28-14-29-16/h13-15,17-20H,3-12,25-27H2,1-2H3,(H,28,29)(H,30,33)(H,31,35)(H,32,34)(H,36,37). The lowest BCUT2D eigenvalue weighted by Gasteiger charge is -2.26. The third-order valence-electron chi connectivity index (χ3n) is 6.31. The van der Waals surface area contributed by atoms with Crippen LogP contribution in [0, 0.1) is 5.92 Å². The fourth-order valence-corrected chi connectivity index (χ4v) is 3.66. The van der Waals surface area contributed by atoms with E-state index in [-0.39, 0.29) is 18.8 Å². The summed E-state index contributed by atoms with van der Waals surface area (Å²) in [7, 11) is 0. The maximum absolute atomic E-state index is 13.2. The first kappa shape index (κ1) is 32.0. The predicted molar refractivity (Wildman–Crippen MR) is 139 cm³/mol. The second-order valence-corrected chi connectivity index (χ2v) is 9.28.